The number of benzene rings is 1. The second kappa shape index (κ2) is 11.8. The van der Waals surface area contributed by atoms with Crippen LogP contribution in [0.2, 0.25) is 5.02 Å². The molecule has 4 aromatic rings. The van der Waals surface area contributed by atoms with Gasteiger partial charge in [-0.15, -0.1) is 0 Å². The van der Waals surface area contributed by atoms with E-state index in [1.54, 1.807) is 35.3 Å². The van der Waals surface area contributed by atoms with E-state index in [2.05, 4.69) is 30.6 Å². The maximum atomic E-state index is 13.4. The van der Waals surface area contributed by atoms with Crippen molar-refractivity contribution in [1.82, 2.24) is 29.8 Å². The molecule has 0 saturated carbocycles. The van der Waals surface area contributed by atoms with Gasteiger partial charge in [-0.25, -0.2) is 14.8 Å². The summed E-state index contributed by atoms with van der Waals surface area (Å²) < 4.78 is 6.94. The van der Waals surface area contributed by atoms with Crippen LogP contribution in [0.3, 0.4) is 0 Å². The van der Waals surface area contributed by atoms with Crippen molar-refractivity contribution in [2.45, 2.75) is 20.4 Å². The van der Waals surface area contributed by atoms with E-state index >= 15 is 0 Å². The number of carboxylic acid groups (broad SMARTS) is 1. The van der Waals surface area contributed by atoms with Gasteiger partial charge in [0.25, 0.3) is 5.56 Å². The molecular weight excluding hydrogens is 498 g/mol. The average Bonchev–Trinajstić information content (AvgIpc) is 2.88. The van der Waals surface area contributed by atoms with Crippen LogP contribution in [0, 0.1) is 6.92 Å². The molecular formula is C25H26ClN7O4. The van der Waals surface area contributed by atoms with E-state index in [-0.39, 0.29) is 18.7 Å². The van der Waals surface area contributed by atoms with Gasteiger partial charge in [0, 0.05) is 59.1 Å². The number of hydrogen-bond donors (Lipinski definition) is 3. The topological polar surface area (TPSA) is 144 Å². The quantitative estimate of drug-likeness (QED) is 0.265. The summed E-state index contributed by atoms with van der Waals surface area (Å²) in [6.07, 6.45) is 3.92. The lowest BCUT2D eigenvalue weighted by molar-refractivity contribution is 0.141. The first-order valence-corrected chi connectivity index (χ1v) is 12.0. The normalized spacial score (nSPS) is 11.0. The van der Waals surface area contributed by atoms with Crippen LogP contribution in [-0.4, -0.2) is 62.0 Å². The minimum Gasteiger partial charge on any atom is -0.465 e. The van der Waals surface area contributed by atoms with Crippen molar-refractivity contribution in [3.63, 3.8) is 0 Å². The lowest BCUT2D eigenvalue weighted by Crippen LogP contribution is -2.26. The van der Waals surface area contributed by atoms with Crippen LogP contribution in [0.4, 0.5) is 10.7 Å². The Balaban J connectivity index is 1.56. The second-order valence-corrected chi connectivity index (χ2v) is 8.50. The molecule has 4 rings (SSSR count). The highest BCUT2D eigenvalue weighted by atomic mass is 35.5. The number of halogens is 1. The van der Waals surface area contributed by atoms with Gasteiger partial charge in [0.05, 0.1) is 30.8 Å². The fourth-order valence-corrected chi connectivity index (χ4v) is 4.08. The third kappa shape index (κ3) is 6.19. The van der Waals surface area contributed by atoms with E-state index in [4.69, 9.17) is 21.4 Å². The highest BCUT2D eigenvalue weighted by molar-refractivity contribution is 6.33. The molecule has 0 radical (unpaired) electrons. The zero-order chi connectivity index (χ0) is 26.4. The summed E-state index contributed by atoms with van der Waals surface area (Å²) in [5, 5.41) is 14.9. The number of pyridine rings is 1. The number of ether oxygens (including phenoxy) is 1. The standard InChI is InChI=1S/C25H26ClN7O4/c1-3-33-22-17(13-30-24(32-22)28-6-8-37-9-7-29-25(35)36)10-19(23(33)34)18-5-4-16(11-20(18)26)21-14-27-12-15(2)31-21/h4-5,10-14,29H,3,6-9H2,1-2H3,(H,35,36)(H,28,30,32). The Labute approximate surface area is 217 Å². The van der Waals surface area contributed by atoms with Gasteiger partial charge in [0.2, 0.25) is 5.95 Å². The van der Waals surface area contributed by atoms with Crippen molar-refractivity contribution in [3.05, 3.63) is 63.9 Å². The number of nitrogens with one attached hydrogen (secondary N) is 2. The van der Waals surface area contributed by atoms with Gasteiger partial charge in [0.1, 0.15) is 5.65 Å². The van der Waals surface area contributed by atoms with Gasteiger partial charge in [-0.1, -0.05) is 23.7 Å². The maximum absolute atomic E-state index is 13.4. The van der Waals surface area contributed by atoms with Crippen LogP contribution in [0.5, 0.6) is 0 Å². The van der Waals surface area contributed by atoms with E-state index in [1.165, 1.54) is 0 Å². The van der Waals surface area contributed by atoms with E-state index in [0.29, 0.717) is 58.5 Å². The average molecular weight is 524 g/mol. The Kier molecular flexibility index (Phi) is 8.26. The minimum atomic E-state index is -1.09. The van der Waals surface area contributed by atoms with Gasteiger partial charge >= 0.3 is 6.09 Å². The molecule has 0 aliphatic heterocycles. The molecule has 3 heterocycles. The van der Waals surface area contributed by atoms with Gasteiger partial charge in [-0.2, -0.15) is 4.98 Å². The summed E-state index contributed by atoms with van der Waals surface area (Å²) in [7, 11) is 0. The number of hydrogen-bond acceptors (Lipinski definition) is 8. The van der Waals surface area contributed by atoms with Crippen molar-refractivity contribution in [3.8, 4) is 22.4 Å². The number of fused-ring (bicyclic) bond motifs is 1. The molecule has 0 aliphatic rings. The summed E-state index contributed by atoms with van der Waals surface area (Å²) in [6, 6.07) is 7.21. The predicted octanol–water partition coefficient (Wildman–Crippen LogP) is 3.59. The molecule has 0 bridgehead atoms. The fraction of sp³-hybridized carbons (Fsp3) is 0.280. The SMILES string of the molecule is CCn1c(=O)c(-c2ccc(-c3cncc(C)n3)cc2Cl)cc2cnc(NCCOCCNC(=O)O)nc21. The smallest absolute Gasteiger partial charge is 0.404 e. The molecule has 192 valence electrons. The summed E-state index contributed by atoms with van der Waals surface area (Å²) in [6.45, 7) is 5.37. The molecule has 3 N–H and O–H groups in total. The summed E-state index contributed by atoms with van der Waals surface area (Å²) >= 11 is 6.63. The van der Waals surface area contributed by atoms with Gasteiger partial charge < -0.3 is 20.5 Å². The number of anilines is 1. The summed E-state index contributed by atoms with van der Waals surface area (Å²) in [5.74, 6) is 0.357. The lowest BCUT2D eigenvalue weighted by Gasteiger charge is -2.13. The molecule has 0 fully saturated rings. The molecule has 0 spiro atoms. The Morgan fingerprint density at radius 1 is 1.11 bits per heavy atom. The van der Waals surface area contributed by atoms with E-state index in [1.807, 2.05) is 26.0 Å². The molecule has 0 atom stereocenters. The molecule has 37 heavy (non-hydrogen) atoms. The minimum absolute atomic E-state index is 0.208. The molecule has 0 unspecified atom stereocenters. The third-order valence-electron chi connectivity index (χ3n) is 5.51. The van der Waals surface area contributed by atoms with E-state index in [9.17, 15) is 9.59 Å². The molecule has 12 heteroatoms. The van der Waals surface area contributed by atoms with Crippen molar-refractivity contribution in [2.24, 2.45) is 0 Å². The first kappa shape index (κ1) is 26.0. The number of aryl methyl sites for hydroxylation is 2. The van der Waals surface area contributed by atoms with Crippen molar-refractivity contribution in [1.29, 1.82) is 0 Å². The van der Waals surface area contributed by atoms with Crippen LogP contribution >= 0.6 is 11.6 Å². The number of carbonyl (C=O) groups is 1. The molecule has 1 aromatic carbocycles. The monoisotopic (exact) mass is 523 g/mol. The Morgan fingerprint density at radius 2 is 1.92 bits per heavy atom. The molecule has 11 nitrogen and oxygen atoms in total. The highest BCUT2D eigenvalue weighted by Gasteiger charge is 2.16. The van der Waals surface area contributed by atoms with Gasteiger partial charge in [-0.3, -0.25) is 14.3 Å². The first-order chi connectivity index (χ1) is 17.9. The largest absolute Gasteiger partial charge is 0.465 e. The van der Waals surface area contributed by atoms with Crippen LogP contribution in [0.25, 0.3) is 33.4 Å². The molecule has 0 saturated heterocycles. The zero-order valence-electron chi connectivity index (χ0n) is 20.4. The molecule has 3 aromatic heterocycles. The molecule has 0 aliphatic carbocycles. The summed E-state index contributed by atoms with van der Waals surface area (Å²) in [4.78, 5) is 41.4. The van der Waals surface area contributed by atoms with Gasteiger partial charge in [-0.05, 0) is 26.0 Å². The number of aromatic nitrogens is 5. The van der Waals surface area contributed by atoms with Gasteiger partial charge in [0.15, 0.2) is 0 Å². The van der Waals surface area contributed by atoms with E-state index in [0.717, 1.165) is 11.3 Å². The van der Waals surface area contributed by atoms with Crippen LogP contribution in [0.1, 0.15) is 12.6 Å². The maximum Gasteiger partial charge on any atom is 0.404 e. The lowest BCUT2D eigenvalue weighted by atomic mass is 10.0. The zero-order valence-corrected chi connectivity index (χ0v) is 21.1. The molecule has 1 amide bonds. The number of rotatable bonds is 10. The van der Waals surface area contributed by atoms with Crippen molar-refractivity contribution < 1.29 is 14.6 Å². The van der Waals surface area contributed by atoms with Crippen LogP contribution < -0.4 is 16.2 Å². The Morgan fingerprint density at radius 3 is 2.65 bits per heavy atom. The number of amides is 1. The fourth-order valence-electron chi connectivity index (χ4n) is 3.79. The van der Waals surface area contributed by atoms with Crippen LogP contribution in [-0.2, 0) is 11.3 Å². The third-order valence-corrected chi connectivity index (χ3v) is 5.82. The predicted molar refractivity (Wildman–Crippen MR) is 141 cm³/mol. The highest BCUT2D eigenvalue weighted by Crippen LogP contribution is 2.31. The van der Waals surface area contributed by atoms with E-state index < -0.39 is 6.09 Å². The van der Waals surface area contributed by atoms with Crippen molar-refractivity contribution >= 4 is 34.7 Å². The van der Waals surface area contributed by atoms with Crippen LogP contribution in [0.15, 0.2) is 47.7 Å². The Hall–Kier alpha value is -4.09. The van der Waals surface area contributed by atoms with Crippen molar-refractivity contribution in [2.75, 3.05) is 31.6 Å². The number of nitrogens with zero attached hydrogens (tertiary/aromatic N) is 5. The second-order valence-electron chi connectivity index (χ2n) is 8.09. The first-order valence-electron chi connectivity index (χ1n) is 11.6. The Bertz CT molecular complexity index is 1490. The summed E-state index contributed by atoms with van der Waals surface area (Å²) in [5.41, 5.74) is 3.66.